The van der Waals surface area contributed by atoms with Crippen molar-refractivity contribution in [3.05, 3.63) is 59.3 Å². The zero-order valence-corrected chi connectivity index (χ0v) is 33.8. The first-order chi connectivity index (χ1) is 28.2. The molecule has 0 bridgehead atoms. The number of aromatic amines is 1. The van der Waals surface area contributed by atoms with Gasteiger partial charge in [-0.3, -0.25) is 23.9 Å². The summed E-state index contributed by atoms with van der Waals surface area (Å²) in [5.41, 5.74) is 5.08. The number of rotatable bonds is 10. The second kappa shape index (κ2) is 16.3. The second-order valence-electron chi connectivity index (χ2n) is 17.0. The van der Waals surface area contributed by atoms with E-state index >= 15 is 0 Å². The van der Waals surface area contributed by atoms with Crippen molar-refractivity contribution in [2.45, 2.75) is 95.8 Å². The normalized spacial score (nSPS) is 23.9. The first kappa shape index (κ1) is 38.5. The zero-order valence-electron chi connectivity index (χ0n) is 33.8. The van der Waals surface area contributed by atoms with Gasteiger partial charge in [-0.25, -0.2) is 14.8 Å². The summed E-state index contributed by atoms with van der Waals surface area (Å²) in [5.74, 6) is 2.28. The Hall–Kier alpha value is -4.99. The quantitative estimate of drug-likeness (QED) is 0.182. The van der Waals surface area contributed by atoms with Crippen molar-refractivity contribution >= 4 is 39.3 Å². The standard InChI is InChI=1S/C43H56N10O5/c1-27(2)57-32-9-10-34-33(23-32)41(48-47-34)35-24-39(45-26-44-35)52-20-18-50(19-21-52)25-28-4-7-30(8-5-28)58-31-14-16-51(17-15-31)29-6-11-36-38(22-29)49(3)43(56)53(36)37-12-13-40(54)46-42(37)55/h6,9-11,22-24,26-28,30-31,37,42,55H,4-5,7-8,12-21,25H2,1-3H3,(H,46,54)(H,47,48). The molecule has 9 rings (SSSR count). The van der Waals surface area contributed by atoms with Gasteiger partial charge in [0, 0.05) is 76.4 Å². The third kappa shape index (κ3) is 7.91. The van der Waals surface area contributed by atoms with Crippen LogP contribution >= 0.6 is 0 Å². The molecule has 2 unspecified atom stereocenters. The Balaban J connectivity index is 0.724. The minimum atomic E-state index is -1.08. The Labute approximate surface area is 338 Å². The van der Waals surface area contributed by atoms with Gasteiger partial charge in [0.25, 0.3) is 0 Å². The first-order valence-electron chi connectivity index (χ1n) is 21.2. The molecule has 3 N–H and O–H groups in total. The number of piperazine rings is 1. The van der Waals surface area contributed by atoms with Crippen molar-refractivity contribution in [3.63, 3.8) is 0 Å². The third-order valence-electron chi connectivity index (χ3n) is 12.7. The number of carbonyl (C=O) groups excluding carboxylic acids is 1. The van der Waals surface area contributed by atoms with Gasteiger partial charge in [-0.15, -0.1) is 0 Å². The van der Waals surface area contributed by atoms with E-state index in [9.17, 15) is 14.7 Å². The third-order valence-corrected chi connectivity index (χ3v) is 12.7. The Morgan fingerprint density at radius 1 is 0.845 bits per heavy atom. The van der Waals surface area contributed by atoms with Gasteiger partial charge in [0.1, 0.15) is 29.8 Å². The average Bonchev–Trinajstić information content (AvgIpc) is 3.76. The summed E-state index contributed by atoms with van der Waals surface area (Å²) in [4.78, 5) is 41.7. The largest absolute Gasteiger partial charge is 0.491 e. The van der Waals surface area contributed by atoms with Gasteiger partial charge in [0.2, 0.25) is 5.91 Å². The number of ether oxygens (including phenoxy) is 2. The van der Waals surface area contributed by atoms with Crippen molar-refractivity contribution in [1.29, 1.82) is 0 Å². The summed E-state index contributed by atoms with van der Waals surface area (Å²) in [6.45, 7) is 10.9. The van der Waals surface area contributed by atoms with E-state index in [0.717, 1.165) is 122 Å². The van der Waals surface area contributed by atoms with Crippen LogP contribution in [0.5, 0.6) is 5.75 Å². The Bertz CT molecular complexity index is 2300. The van der Waals surface area contributed by atoms with Crippen LogP contribution in [0.3, 0.4) is 0 Å². The van der Waals surface area contributed by atoms with E-state index in [1.807, 2.05) is 38.1 Å². The number of aryl methyl sites for hydroxylation is 1. The number of piperidine rings is 2. The molecule has 5 aromatic rings. The van der Waals surface area contributed by atoms with E-state index < -0.39 is 12.3 Å². The number of amides is 1. The number of aliphatic hydroxyl groups is 1. The Kier molecular flexibility index (Phi) is 10.9. The fourth-order valence-electron chi connectivity index (χ4n) is 9.59. The molecule has 6 heterocycles. The van der Waals surface area contributed by atoms with Crippen molar-refractivity contribution in [2.75, 3.05) is 55.6 Å². The summed E-state index contributed by atoms with van der Waals surface area (Å²) in [6.07, 6.45) is 8.63. The van der Waals surface area contributed by atoms with E-state index in [1.165, 1.54) is 12.8 Å². The summed E-state index contributed by atoms with van der Waals surface area (Å²) in [7, 11) is 1.77. The van der Waals surface area contributed by atoms with Crippen LogP contribution in [0.4, 0.5) is 11.5 Å². The average molecular weight is 793 g/mol. The number of nitrogens with zero attached hydrogens (tertiary/aromatic N) is 8. The lowest BCUT2D eigenvalue weighted by Crippen LogP contribution is -2.48. The van der Waals surface area contributed by atoms with Gasteiger partial charge in [-0.1, -0.05) is 0 Å². The van der Waals surface area contributed by atoms with Crippen LogP contribution in [0.15, 0.2) is 53.6 Å². The molecule has 3 aromatic heterocycles. The molecule has 0 spiro atoms. The summed E-state index contributed by atoms with van der Waals surface area (Å²) >= 11 is 0. The smallest absolute Gasteiger partial charge is 0.329 e. The van der Waals surface area contributed by atoms with E-state index in [2.05, 4.69) is 58.4 Å². The molecule has 2 aromatic carbocycles. The molecule has 1 saturated carbocycles. The molecule has 3 saturated heterocycles. The monoisotopic (exact) mass is 792 g/mol. The lowest BCUT2D eigenvalue weighted by atomic mass is 9.86. The predicted octanol–water partition coefficient (Wildman–Crippen LogP) is 4.60. The molecule has 15 heteroatoms. The van der Waals surface area contributed by atoms with Crippen LogP contribution in [-0.2, 0) is 16.6 Å². The predicted molar refractivity (Wildman–Crippen MR) is 223 cm³/mol. The number of imidazole rings is 1. The number of fused-ring (bicyclic) bond motifs is 2. The maximum atomic E-state index is 13.3. The van der Waals surface area contributed by atoms with Gasteiger partial charge >= 0.3 is 5.69 Å². The molecule has 1 aliphatic carbocycles. The summed E-state index contributed by atoms with van der Waals surface area (Å²) in [6, 6.07) is 13.7. The maximum Gasteiger partial charge on any atom is 0.329 e. The highest BCUT2D eigenvalue weighted by Crippen LogP contribution is 2.33. The van der Waals surface area contributed by atoms with Gasteiger partial charge in [0.05, 0.1) is 46.6 Å². The molecule has 2 atom stereocenters. The summed E-state index contributed by atoms with van der Waals surface area (Å²) < 4.78 is 15.9. The lowest BCUT2D eigenvalue weighted by molar-refractivity contribution is -0.128. The van der Waals surface area contributed by atoms with Gasteiger partial charge in [-0.05, 0) is 101 Å². The molecule has 308 valence electrons. The highest BCUT2D eigenvalue weighted by atomic mass is 16.5. The molecule has 1 amide bonds. The Morgan fingerprint density at radius 3 is 2.38 bits per heavy atom. The van der Waals surface area contributed by atoms with Crippen LogP contribution in [0, 0.1) is 5.92 Å². The molecule has 3 aliphatic heterocycles. The highest BCUT2D eigenvalue weighted by Gasteiger charge is 2.33. The lowest BCUT2D eigenvalue weighted by Gasteiger charge is -2.39. The van der Waals surface area contributed by atoms with Gasteiger partial charge in [0.15, 0.2) is 0 Å². The van der Waals surface area contributed by atoms with E-state index in [0.29, 0.717) is 18.4 Å². The molecule has 4 aliphatic rings. The Morgan fingerprint density at radius 2 is 1.62 bits per heavy atom. The van der Waals surface area contributed by atoms with Gasteiger partial charge < -0.3 is 29.7 Å². The van der Waals surface area contributed by atoms with Crippen LogP contribution < -0.4 is 25.5 Å². The number of nitrogens with one attached hydrogen (secondary N) is 2. The fraction of sp³-hybridized carbons (Fsp3) is 0.558. The SMILES string of the molecule is CC(C)Oc1ccc2[nH]nc(-c3cc(N4CCN(CC5CCC(OC6CCN(c7ccc8c(c7)n(C)c(=O)n8C7CCC(=O)NC7O)CC6)CC5)CC4)ncn3)c2c1. The molecule has 15 nitrogen and oxygen atoms in total. The second-order valence-corrected chi connectivity index (χ2v) is 17.0. The number of anilines is 2. The molecule has 0 radical (unpaired) electrons. The van der Waals surface area contributed by atoms with Crippen LogP contribution in [-0.4, -0.2) is 116 Å². The summed E-state index contributed by atoms with van der Waals surface area (Å²) in [5, 5.41) is 21.8. The van der Waals surface area contributed by atoms with Crippen LogP contribution in [0.1, 0.15) is 71.3 Å². The number of carbonyl (C=O) groups is 1. The minimum absolute atomic E-state index is 0.0953. The molecular formula is C43H56N10O5. The number of hydrogen-bond donors (Lipinski definition) is 3. The first-order valence-corrected chi connectivity index (χ1v) is 21.2. The molecule has 4 fully saturated rings. The minimum Gasteiger partial charge on any atom is -0.491 e. The van der Waals surface area contributed by atoms with E-state index in [1.54, 1.807) is 22.5 Å². The zero-order chi connectivity index (χ0) is 39.9. The van der Waals surface area contributed by atoms with Crippen molar-refractivity contribution < 1.29 is 19.4 Å². The maximum absolute atomic E-state index is 13.3. The van der Waals surface area contributed by atoms with E-state index in [-0.39, 0.29) is 30.2 Å². The van der Waals surface area contributed by atoms with Crippen LogP contribution in [0.2, 0.25) is 0 Å². The highest BCUT2D eigenvalue weighted by molar-refractivity contribution is 5.93. The fourth-order valence-corrected chi connectivity index (χ4v) is 9.59. The van der Waals surface area contributed by atoms with Crippen LogP contribution in [0.25, 0.3) is 33.3 Å². The van der Waals surface area contributed by atoms with E-state index in [4.69, 9.17) is 9.47 Å². The number of aliphatic hydroxyl groups excluding tert-OH is 1. The number of aromatic nitrogens is 6. The van der Waals surface area contributed by atoms with Crippen molar-refractivity contribution in [3.8, 4) is 17.1 Å². The molecular weight excluding hydrogens is 737 g/mol. The number of H-pyrrole nitrogens is 1. The number of hydrogen-bond acceptors (Lipinski definition) is 11. The number of benzene rings is 2. The topological polar surface area (TPSA) is 159 Å². The van der Waals surface area contributed by atoms with Gasteiger partial charge in [-0.2, -0.15) is 5.10 Å². The van der Waals surface area contributed by atoms with Crippen molar-refractivity contribution in [1.82, 2.24) is 39.5 Å². The molecule has 58 heavy (non-hydrogen) atoms. The van der Waals surface area contributed by atoms with Crippen molar-refractivity contribution in [2.24, 2.45) is 13.0 Å².